The summed E-state index contributed by atoms with van der Waals surface area (Å²) >= 11 is 6.24. The van der Waals surface area contributed by atoms with E-state index in [9.17, 15) is 0 Å². The van der Waals surface area contributed by atoms with E-state index in [1.54, 1.807) is 13.3 Å². The Bertz CT molecular complexity index is 774. The number of methoxy groups -OCH3 is 1. The Morgan fingerprint density at radius 2 is 2.05 bits per heavy atom. The second-order valence-electron chi connectivity index (χ2n) is 4.69. The van der Waals surface area contributed by atoms with Crippen LogP contribution >= 0.6 is 11.6 Å². The maximum absolute atomic E-state index is 6.24. The molecule has 0 bridgehead atoms. The molecule has 4 heteroatoms. The predicted octanol–water partition coefficient (Wildman–Crippen LogP) is 4.51. The van der Waals surface area contributed by atoms with Crippen molar-refractivity contribution in [3.05, 3.63) is 65.3 Å². The number of aromatic nitrogens is 1. The molecule has 1 heterocycles. The van der Waals surface area contributed by atoms with Crippen LogP contribution in [0.25, 0.3) is 10.9 Å². The lowest BCUT2D eigenvalue weighted by Crippen LogP contribution is -2.02. The molecule has 0 saturated heterocycles. The number of halogens is 1. The molecule has 3 aromatic rings. The van der Waals surface area contributed by atoms with Crippen molar-refractivity contribution in [2.75, 3.05) is 12.4 Å². The minimum atomic E-state index is 0.606. The largest absolute Gasteiger partial charge is 0.496 e. The van der Waals surface area contributed by atoms with E-state index >= 15 is 0 Å². The van der Waals surface area contributed by atoms with Crippen LogP contribution in [-0.2, 0) is 6.54 Å². The minimum Gasteiger partial charge on any atom is -0.496 e. The van der Waals surface area contributed by atoms with E-state index < -0.39 is 0 Å². The normalized spacial score (nSPS) is 10.6. The Morgan fingerprint density at radius 1 is 1.14 bits per heavy atom. The lowest BCUT2D eigenvalue weighted by Gasteiger charge is -2.12. The monoisotopic (exact) mass is 298 g/mol. The molecule has 0 aliphatic rings. The fourth-order valence-electron chi connectivity index (χ4n) is 2.28. The molecule has 0 amide bonds. The summed E-state index contributed by atoms with van der Waals surface area (Å²) in [5.41, 5.74) is 2.96. The summed E-state index contributed by atoms with van der Waals surface area (Å²) in [4.78, 5) is 4.31. The Kier molecular flexibility index (Phi) is 3.93. The first-order valence-corrected chi connectivity index (χ1v) is 7.06. The highest BCUT2D eigenvalue weighted by Crippen LogP contribution is 2.27. The van der Waals surface area contributed by atoms with Gasteiger partial charge in [-0.1, -0.05) is 23.7 Å². The fourth-order valence-corrected chi connectivity index (χ4v) is 2.51. The third-order valence-corrected chi connectivity index (χ3v) is 3.72. The van der Waals surface area contributed by atoms with Crippen molar-refractivity contribution >= 4 is 28.2 Å². The lowest BCUT2D eigenvalue weighted by atomic mass is 10.1. The third-order valence-electron chi connectivity index (χ3n) is 3.37. The molecule has 0 spiro atoms. The molecular weight excluding hydrogens is 284 g/mol. The first-order chi connectivity index (χ1) is 10.3. The molecule has 2 aromatic carbocycles. The van der Waals surface area contributed by atoms with E-state index in [0.29, 0.717) is 11.6 Å². The van der Waals surface area contributed by atoms with Gasteiger partial charge in [-0.15, -0.1) is 0 Å². The van der Waals surface area contributed by atoms with Gasteiger partial charge in [0, 0.05) is 34.4 Å². The fraction of sp³-hybridized carbons (Fsp3) is 0.118. The second-order valence-corrected chi connectivity index (χ2v) is 5.09. The molecule has 0 radical (unpaired) electrons. The Morgan fingerprint density at radius 3 is 2.90 bits per heavy atom. The van der Waals surface area contributed by atoms with Crippen molar-refractivity contribution in [3.8, 4) is 5.75 Å². The van der Waals surface area contributed by atoms with Crippen molar-refractivity contribution in [2.24, 2.45) is 0 Å². The van der Waals surface area contributed by atoms with Crippen molar-refractivity contribution in [2.45, 2.75) is 6.54 Å². The first kappa shape index (κ1) is 13.7. The quantitative estimate of drug-likeness (QED) is 0.769. The van der Waals surface area contributed by atoms with Crippen LogP contribution < -0.4 is 10.1 Å². The minimum absolute atomic E-state index is 0.606. The molecule has 106 valence electrons. The summed E-state index contributed by atoms with van der Waals surface area (Å²) in [6, 6.07) is 15.7. The summed E-state index contributed by atoms with van der Waals surface area (Å²) in [6.07, 6.45) is 1.80. The molecule has 0 aliphatic heterocycles. The molecule has 1 N–H and O–H groups in total. The molecule has 0 unspecified atom stereocenters. The summed E-state index contributed by atoms with van der Waals surface area (Å²) in [5.74, 6) is 0.789. The number of nitrogens with one attached hydrogen (secondary N) is 1. The van der Waals surface area contributed by atoms with Gasteiger partial charge in [-0.3, -0.25) is 4.98 Å². The molecule has 0 aliphatic carbocycles. The van der Waals surface area contributed by atoms with Crippen LogP contribution in [0.5, 0.6) is 5.75 Å². The smallest absolute Gasteiger partial charge is 0.125 e. The van der Waals surface area contributed by atoms with Crippen molar-refractivity contribution in [3.63, 3.8) is 0 Å². The van der Waals surface area contributed by atoms with Crippen LogP contribution in [0.4, 0.5) is 5.69 Å². The van der Waals surface area contributed by atoms with Gasteiger partial charge in [0.1, 0.15) is 5.75 Å². The van der Waals surface area contributed by atoms with E-state index in [0.717, 1.165) is 27.9 Å². The van der Waals surface area contributed by atoms with Crippen LogP contribution in [0.15, 0.2) is 54.7 Å². The van der Waals surface area contributed by atoms with Gasteiger partial charge in [0.2, 0.25) is 0 Å². The van der Waals surface area contributed by atoms with E-state index in [2.05, 4.69) is 16.4 Å². The number of rotatable bonds is 4. The number of hydrogen-bond donors (Lipinski definition) is 1. The summed E-state index contributed by atoms with van der Waals surface area (Å²) < 4.78 is 5.35. The van der Waals surface area contributed by atoms with E-state index in [1.165, 1.54) is 0 Å². The van der Waals surface area contributed by atoms with Gasteiger partial charge in [0.05, 0.1) is 12.6 Å². The van der Waals surface area contributed by atoms with Crippen LogP contribution in [-0.4, -0.2) is 12.1 Å². The standard InChI is InChI=1S/C17H15ClN2O/c1-21-17-6-2-5-15(18)14(17)11-20-13-7-8-16-12(10-13)4-3-9-19-16/h2-10,20H,11H2,1H3. The molecule has 1 aromatic heterocycles. The highest BCUT2D eigenvalue weighted by molar-refractivity contribution is 6.31. The van der Waals surface area contributed by atoms with E-state index in [4.69, 9.17) is 16.3 Å². The highest BCUT2D eigenvalue weighted by atomic mass is 35.5. The Hall–Kier alpha value is -2.26. The summed E-state index contributed by atoms with van der Waals surface area (Å²) in [7, 11) is 1.65. The highest BCUT2D eigenvalue weighted by Gasteiger charge is 2.07. The average Bonchev–Trinajstić information content (AvgIpc) is 2.53. The zero-order valence-corrected chi connectivity index (χ0v) is 12.4. The van der Waals surface area contributed by atoms with Gasteiger partial charge < -0.3 is 10.1 Å². The average molecular weight is 299 g/mol. The maximum Gasteiger partial charge on any atom is 0.125 e. The van der Waals surface area contributed by atoms with E-state index in [1.807, 2.05) is 42.5 Å². The predicted molar refractivity (Wildman–Crippen MR) is 87.1 cm³/mol. The van der Waals surface area contributed by atoms with Gasteiger partial charge in [0.25, 0.3) is 0 Å². The number of nitrogens with zero attached hydrogens (tertiary/aromatic N) is 1. The summed E-state index contributed by atoms with van der Waals surface area (Å²) in [6.45, 7) is 0.606. The van der Waals surface area contributed by atoms with Gasteiger partial charge >= 0.3 is 0 Å². The number of fused-ring (bicyclic) bond motifs is 1. The number of hydrogen-bond acceptors (Lipinski definition) is 3. The van der Waals surface area contributed by atoms with Crippen molar-refractivity contribution < 1.29 is 4.74 Å². The van der Waals surface area contributed by atoms with Crippen LogP contribution in [0.1, 0.15) is 5.56 Å². The van der Waals surface area contributed by atoms with Gasteiger partial charge in [-0.25, -0.2) is 0 Å². The van der Waals surface area contributed by atoms with Crippen LogP contribution in [0.3, 0.4) is 0 Å². The Labute approximate surface area is 128 Å². The van der Waals surface area contributed by atoms with Gasteiger partial charge in [-0.2, -0.15) is 0 Å². The third kappa shape index (κ3) is 2.93. The zero-order valence-electron chi connectivity index (χ0n) is 11.6. The van der Waals surface area contributed by atoms with Gasteiger partial charge in [-0.05, 0) is 36.4 Å². The maximum atomic E-state index is 6.24. The van der Waals surface area contributed by atoms with Crippen molar-refractivity contribution in [1.82, 2.24) is 4.98 Å². The van der Waals surface area contributed by atoms with Gasteiger partial charge in [0.15, 0.2) is 0 Å². The number of ether oxygens (including phenoxy) is 1. The first-order valence-electron chi connectivity index (χ1n) is 6.68. The molecule has 0 atom stereocenters. The number of anilines is 1. The van der Waals surface area contributed by atoms with Crippen LogP contribution in [0, 0.1) is 0 Å². The molecule has 21 heavy (non-hydrogen) atoms. The topological polar surface area (TPSA) is 34.1 Å². The number of pyridine rings is 1. The second kappa shape index (κ2) is 6.02. The van der Waals surface area contributed by atoms with Crippen LogP contribution in [0.2, 0.25) is 5.02 Å². The molecule has 0 saturated carbocycles. The number of benzene rings is 2. The molecule has 3 nitrogen and oxygen atoms in total. The molecule has 0 fully saturated rings. The van der Waals surface area contributed by atoms with E-state index in [-0.39, 0.29) is 0 Å². The Balaban J connectivity index is 1.83. The van der Waals surface area contributed by atoms with Crippen molar-refractivity contribution in [1.29, 1.82) is 0 Å². The molecular formula is C17H15ClN2O. The SMILES string of the molecule is COc1cccc(Cl)c1CNc1ccc2ncccc2c1. The lowest BCUT2D eigenvalue weighted by molar-refractivity contribution is 0.410. The summed E-state index contributed by atoms with van der Waals surface area (Å²) in [5, 5.41) is 5.18. The molecule has 3 rings (SSSR count). The zero-order chi connectivity index (χ0) is 14.7.